The highest BCUT2D eigenvalue weighted by Crippen LogP contribution is 2.43. The lowest BCUT2D eigenvalue weighted by Crippen LogP contribution is -2.22. The molecule has 0 bridgehead atoms. The number of Topliss-reactive ketones (excluding diaryl/α,β-unsaturated/α-hetero) is 1. The van der Waals surface area contributed by atoms with Crippen molar-refractivity contribution in [2.75, 3.05) is 6.61 Å². The topological polar surface area (TPSA) is 26.3 Å². The molecule has 0 saturated carbocycles. The van der Waals surface area contributed by atoms with Gasteiger partial charge >= 0.3 is 0 Å². The van der Waals surface area contributed by atoms with E-state index in [0.717, 1.165) is 24.2 Å². The Morgan fingerprint density at radius 2 is 1.95 bits per heavy atom. The van der Waals surface area contributed by atoms with Gasteiger partial charge in [0.2, 0.25) is 0 Å². The molecular weight excluding hydrogens is 260 g/mol. The first-order valence-electron chi connectivity index (χ1n) is 7.98. The zero-order chi connectivity index (χ0) is 15.6. The van der Waals surface area contributed by atoms with Crippen LogP contribution in [0.5, 0.6) is 5.75 Å². The van der Waals surface area contributed by atoms with Crippen LogP contribution in [0.3, 0.4) is 0 Å². The van der Waals surface area contributed by atoms with E-state index in [1.807, 2.05) is 13.8 Å². The van der Waals surface area contributed by atoms with Crippen LogP contribution in [-0.4, -0.2) is 12.4 Å². The average molecular weight is 286 g/mol. The van der Waals surface area contributed by atoms with Gasteiger partial charge in [0, 0.05) is 6.42 Å². The molecule has 0 atom stereocenters. The number of carbonyl (C=O) groups excluding carboxylic acids is 1. The Balaban J connectivity index is 2.67. The quantitative estimate of drug-likeness (QED) is 0.699. The standard InChI is InChI=1S/C19H26O2/c1-6-13-9-10-19(4,5)16-12-18(21-8-3)15(11-14(13)16)17(20)7-2/h9,11-12H,6-8,10H2,1-5H3. The van der Waals surface area contributed by atoms with E-state index in [9.17, 15) is 4.79 Å². The summed E-state index contributed by atoms with van der Waals surface area (Å²) in [6.07, 6.45) is 4.86. The fraction of sp³-hybridized carbons (Fsp3) is 0.526. The lowest BCUT2D eigenvalue weighted by atomic mass is 9.72. The number of carbonyl (C=O) groups is 1. The van der Waals surface area contributed by atoms with Crippen molar-refractivity contribution in [2.24, 2.45) is 0 Å². The largest absolute Gasteiger partial charge is 0.493 e. The van der Waals surface area contributed by atoms with Crippen molar-refractivity contribution in [3.05, 3.63) is 34.9 Å². The van der Waals surface area contributed by atoms with E-state index < -0.39 is 0 Å². The van der Waals surface area contributed by atoms with Crippen LogP contribution in [0.1, 0.15) is 75.4 Å². The number of rotatable bonds is 5. The lowest BCUT2D eigenvalue weighted by Gasteiger charge is -2.33. The average Bonchev–Trinajstić information content (AvgIpc) is 2.47. The molecule has 21 heavy (non-hydrogen) atoms. The molecular formula is C19H26O2. The molecule has 0 aliphatic heterocycles. The SMILES string of the molecule is CCOc1cc2c(cc1C(=O)CC)C(CC)=CCC2(C)C. The van der Waals surface area contributed by atoms with Gasteiger partial charge in [-0.2, -0.15) is 0 Å². The van der Waals surface area contributed by atoms with Crippen molar-refractivity contribution in [3.63, 3.8) is 0 Å². The number of benzene rings is 1. The third-order valence-corrected chi connectivity index (χ3v) is 4.36. The number of hydrogen-bond donors (Lipinski definition) is 0. The Labute approximate surface area is 128 Å². The number of ether oxygens (including phenoxy) is 1. The smallest absolute Gasteiger partial charge is 0.166 e. The summed E-state index contributed by atoms with van der Waals surface area (Å²) in [5, 5.41) is 0. The van der Waals surface area contributed by atoms with Crippen molar-refractivity contribution in [2.45, 2.75) is 59.3 Å². The summed E-state index contributed by atoms with van der Waals surface area (Å²) in [5.74, 6) is 0.897. The van der Waals surface area contributed by atoms with Gasteiger partial charge in [-0.15, -0.1) is 0 Å². The van der Waals surface area contributed by atoms with E-state index in [-0.39, 0.29) is 11.2 Å². The molecule has 1 aliphatic carbocycles. The molecule has 0 amide bonds. The van der Waals surface area contributed by atoms with E-state index in [4.69, 9.17) is 4.74 Å². The fourth-order valence-corrected chi connectivity index (χ4v) is 3.02. The maximum atomic E-state index is 12.3. The Bertz CT molecular complexity index is 579. The van der Waals surface area contributed by atoms with Crippen LogP contribution in [0.2, 0.25) is 0 Å². The molecule has 0 radical (unpaired) electrons. The third-order valence-electron chi connectivity index (χ3n) is 4.36. The molecule has 2 heteroatoms. The van der Waals surface area contributed by atoms with Crippen molar-refractivity contribution in [3.8, 4) is 5.75 Å². The summed E-state index contributed by atoms with van der Waals surface area (Å²) in [5.41, 5.74) is 4.70. The molecule has 2 nitrogen and oxygen atoms in total. The van der Waals surface area contributed by atoms with Crippen molar-refractivity contribution in [1.29, 1.82) is 0 Å². The maximum Gasteiger partial charge on any atom is 0.166 e. The number of ketones is 1. The molecule has 0 heterocycles. The van der Waals surface area contributed by atoms with E-state index in [2.05, 4.69) is 39.0 Å². The summed E-state index contributed by atoms with van der Waals surface area (Å²) in [4.78, 5) is 12.3. The first kappa shape index (κ1) is 15.8. The Kier molecular flexibility index (Phi) is 4.55. The van der Waals surface area contributed by atoms with Gasteiger partial charge in [-0.3, -0.25) is 4.79 Å². The van der Waals surface area contributed by atoms with Crippen LogP contribution in [0.15, 0.2) is 18.2 Å². The first-order chi connectivity index (χ1) is 9.94. The maximum absolute atomic E-state index is 12.3. The number of fused-ring (bicyclic) bond motifs is 1. The van der Waals surface area contributed by atoms with Crippen molar-refractivity contribution >= 4 is 11.4 Å². The highest BCUT2D eigenvalue weighted by molar-refractivity contribution is 5.99. The second kappa shape index (κ2) is 6.05. The predicted octanol–water partition coefficient (Wildman–Crippen LogP) is 5.15. The fourth-order valence-electron chi connectivity index (χ4n) is 3.02. The highest BCUT2D eigenvalue weighted by atomic mass is 16.5. The van der Waals surface area contributed by atoms with Gasteiger partial charge in [-0.05, 0) is 54.0 Å². The minimum Gasteiger partial charge on any atom is -0.493 e. The van der Waals surface area contributed by atoms with Crippen LogP contribution >= 0.6 is 0 Å². The molecule has 0 spiro atoms. The number of allylic oxidation sites excluding steroid dienone is 2. The summed E-state index contributed by atoms with van der Waals surface area (Å²) < 4.78 is 5.75. The minimum atomic E-state index is 0.0909. The molecule has 1 aromatic carbocycles. The summed E-state index contributed by atoms with van der Waals surface area (Å²) >= 11 is 0. The van der Waals surface area contributed by atoms with E-state index >= 15 is 0 Å². The van der Waals surface area contributed by atoms with Crippen LogP contribution < -0.4 is 4.74 Å². The first-order valence-corrected chi connectivity index (χ1v) is 7.98. The second-order valence-corrected chi connectivity index (χ2v) is 6.27. The molecule has 2 rings (SSSR count). The van der Waals surface area contributed by atoms with E-state index in [1.165, 1.54) is 16.7 Å². The van der Waals surface area contributed by atoms with Crippen LogP contribution in [0.4, 0.5) is 0 Å². The normalized spacial score (nSPS) is 16.1. The third kappa shape index (κ3) is 2.90. The second-order valence-electron chi connectivity index (χ2n) is 6.27. The van der Waals surface area contributed by atoms with E-state index in [1.54, 1.807) is 0 Å². The molecule has 0 N–H and O–H groups in total. The van der Waals surface area contributed by atoms with Gasteiger partial charge in [0.05, 0.1) is 12.2 Å². The Morgan fingerprint density at radius 3 is 2.52 bits per heavy atom. The molecule has 1 aliphatic rings. The molecule has 0 unspecified atom stereocenters. The van der Waals surface area contributed by atoms with Gasteiger partial charge in [0.25, 0.3) is 0 Å². The molecule has 0 saturated heterocycles. The molecule has 114 valence electrons. The predicted molar refractivity (Wildman–Crippen MR) is 88.1 cm³/mol. The minimum absolute atomic E-state index is 0.0909. The highest BCUT2D eigenvalue weighted by Gasteiger charge is 2.30. The van der Waals surface area contributed by atoms with Gasteiger partial charge < -0.3 is 4.74 Å². The zero-order valence-corrected chi connectivity index (χ0v) is 13.9. The lowest BCUT2D eigenvalue weighted by molar-refractivity contribution is 0.0984. The van der Waals surface area contributed by atoms with Gasteiger partial charge in [0.15, 0.2) is 5.78 Å². The summed E-state index contributed by atoms with van der Waals surface area (Å²) in [6.45, 7) is 11.1. The molecule has 0 fully saturated rings. The van der Waals surface area contributed by atoms with Gasteiger partial charge in [-0.25, -0.2) is 0 Å². The summed E-state index contributed by atoms with van der Waals surface area (Å²) in [6, 6.07) is 4.16. The van der Waals surface area contributed by atoms with Crippen molar-refractivity contribution < 1.29 is 9.53 Å². The van der Waals surface area contributed by atoms with Crippen LogP contribution in [0.25, 0.3) is 5.57 Å². The zero-order valence-electron chi connectivity index (χ0n) is 13.9. The Hall–Kier alpha value is -1.57. The molecule has 1 aromatic rings. The van der Waals surface area contributed by atoms with Crippen LogP contribution in [-0.2, 0) is 5.41 Å². The Morgan fingerprint density at radius 1 is 1.24 bits per heavy atom. The monoisotopic (exact) mass is 286 g/mol. The van der Waals surface area contributed by atoms with Crippen LogP contribution in [0, 0.1) is 0 Å². The molecule has 0 aromatic heterocycles. The summed E-state index contributed by atoms with van der Waals surface area (Å²) in [7, 11) is 0. The van der Waals surface area contributed by atoms with Gasteiger partial charge in [0.1, 0.15) is 5.75 Å². The van der Waals surface area contributed by atoms with Gasteiger partial charge in [-0.1, -0.05) is 33.8 Å². The van der Waals surface area contributed by atoms with E-state index in [0.29, 0.717) is 13.0 Å². The number of hydrogen-bond acceptors (Lipinski definition) is 2. The van der Waals surface area contributed by atoms with Crippen molar-refractivity contribution in [1.82, 2.24) is 0 Å².